The molecule has 2 rings (SSSR count). The van der Waals surface area contributed by atoms with Gasteiger partial charge in [0, 0.05) is 6.04 Å². The summed E-state index contributed by atoms with van der Waals surface area (Å²) in [6.07, 6.45) is -2.27. The largest absolute Gasteiger partial charge is 0.391 e. The average Bonchev–Trinajstić information content (AvgIpc) is 2.41. The normalized spacial score (nSPS) is 24.9. The van der Waals surface area contributed by atoms with Gasteiger partial charge in [-0.2, -0.15) is 13.2 Å². The highest BCUT2D eigenvalue weighted by molar-refractivity contribution is 5.38. The SMILES string of the molecule is Cc1cc(C)c(C(N)C2CCCC(C(F)(F)F)C2)cc1C. The quantitative estimate of drug-likeness (QED) is 0.819. The number of alkyl halides is 3. The van der Waals surface area contributed by atoms with Crippen molar-refractivity contribution in [1.82, 2.24) is 0 Å². The van der Waals surface area contributed by atoms with Crippen molar-refractivity contribution in [3.8, 4) is 0 Å². The molecule has 0 amide bonds. The maximum atomic E-state index is 12.9. The summed E-state index contributed by atoms with van der Waals surface area (Å²) in [4.78, 5) is 0. The van der Waals surface area contributed by atoms with Crippen molar-refractivity contribution in [3.05, 3.63) is 34.4 Å². The van der Waals surface area contributed by atoms with Crippen LogP contribution in [0, 0.1) is 32.6 Å². The minimum absolute atomic E-state index is 0.0776. The lowest BCUT2D eigenvalue weighted by molar-refractivity contribution is -0.186. The van der Waals surface area contributed by atoms with E-state index in [0.717, 1.165) is 23.1 Å². The molecule has 3 atom stereocenters. The molecule has 0 radical (unpaired) electrons. The monoisotopic (exact) mass is 299 g/mol. The van der Waals surface area contributed by atoms with Crippen LogP contribution in [0.5, 0.6) is 0 Å². The number of hydrogen-bond acceptors (Lipinski definition) is 1. The fourth-order valence-corrected chi connectivity index (χ4v) is 3.45. The Bertz CT molecular complexity index is 507. The molecule has 21 heavy (non-hydrogen) atoms. The number of rotatable bonds is 2. The van der Waals surface area contributed by atoms with Crippen LogP contribution in [-0.2, 0) is 0 Å². The van der Waals surface area contributed by atoms with Crippen molar-refractivity contribution in [1.29, 1.82) is 0 Å². The van der Waals surface area contributed by atoms with Gasteiger partial charge in [-0.15, -0.1) is 0 Å². The Hall–Kier alpha value is -1.03. The van der Waals surface area contributed by atoms with Crippen molar-refractivity contribution < 1.29 is 13.2 Å². The van der Waals surface area contributed by atoms with Crippen LogP contribution < -0.4 is 5.73 Å². The third-order valence-electron chi connectivity index (χ3n) is 4.93. The van der Waals surface area contributed by atoms with E-state index in [-0.39, 0.29) is 24.8 Å². The van der Waals surface area contributed by atoms with Crippen LogP contribution in [0.3, 0.4) is 0 Å². The van der Waals surface area contributed by atoms with E-state index in [0.29, 0.717) is 6.42 Å². The van der Waals surface area contributed by atoms with Crippen molar-refractivity contribution in [2.75, 3.05) is 0 Å². The van der Waals surface area contributed by atoms with Gasteiger partial charge in [0.25, 0.3) is 0 Å². The van der Waals surface area contributed by atoms with E-state index < -0.39 is 12.1 Å². The van der Waals surface area contributed by atoms with E-state index >= 15 is 0 Å². The third-order valence-corrected chi connectivity index (χ3v) is 4.93. The molecule has 1 aliphatic carbocycles. The fraction of sp³-hybridized carbons (Fsp3) is 0.647. The minimum Gasteiger partial charge on any atom is -0.324 e. The predicted molar refractivity (Wildman–Crippen MR) is 79.1 cm³/mol. The highest BCUT2D eigenvalue weighted by atomic mass is 19.4. The highest BCUT2D eigenvalue weighted by Gasteiger charge is 2.43. The van der Waals surface area contributed by atoms with Gasteiger partial charge >= 0.3 is 6.18 Å². The number of hydrogen-bond donors (Lipinski definition) is 1. The summed E-state index contributed by atoms with van der Waals surface area (Å²) in [5.41, 5.74) is 10.8. The van der Waals surface area contributed by atoms with Gasteiger partial charge in [0.15, 0.2) is 0 Å². The molecule has 1 aliphatic rings. The molecule has 1 aromatic rings. The van der Waals surface area contributed by atoms with E-state index in [2.05, 4.69) is 6.07 Å². The Labute approximate surface area is 124 Å². The molecular formula is C17H24F3N. The van der Waals surface area contributed by atoms with Crippen LogP contribution in [0.25, 0.3) is 0 Å². The molecule has 0 bridgehead atoms. The van der Waals surface area contributed by atoms with E-state index in [1.54, 1.807) is 0 Å². The Morgan fingerprint density at radius 2 is 1.67 bits per heavy atom. The molecular weight excluding hydrogens is 275 g/mol. The Kier molecular flexibility index (Phi) is 4.66. The fourth-order valence-electron chi connectivity index (χ4n) is 3.45. The molecule has 0 spiro atoms. The Balaban J connectivity index is 2.20. The van der Waals surface area contributed by atoms with Gasteiger partial charge < -0.3 is 5.73 Å². The highest BCUT2D eigenvalue weighted by Crippen LogP contribution is 2.43. The standard InChI is InChI=1S/C17H24F3N/c1-10-7-12(3)15(8-11(10)2)16(21)13-5-4-6-14(9-13)17(18,19)20/h7-8,13-14,16H,4-6,9,21H2,1-3H3. The zero-order valence-corrected chi connectivity index (χ0v) is 12.9. The van der Waals surface area contributed by atoms with Gasteiger partial charge in [0.05, 0.1) is 5.92 Å². The third kappa shape index (κ3) is 3.60. The van der Waals surface area contributed by atoms with Crippen LogP contribution in [0.2, 0.25) is 0 Å². The number of benzene rings is 1. The molecule has 1 fully saturated rings. The van der Waals surface area contributed by atoms with Gasteiger partial charge in [-0.1, -0.05) is 18.6 Å². The summed E-state index contributed by atoms with van der Waals surface area (Å²) in [6.45, 7) is 6.05. The lowest BCUT2D eigenvalue weighted by atomic mass is 9.75. The van der Waals surface area contributed by atoms with Crippen molar-refractivity contribution in [2.24, 2.45) is 17.6 Å². The zero-order chi connectivity index (χ0) is 15.8. The second kappa shape index (κ2) is 5.99. The second-order valence-corrected chi connectivity index (χ2v) is 6.48. The van der Waals surface area contributed by atoms with Crippen LogP contribution in [0.15, 0.2) is 12.1 Å². The molecule has 4 heteroatoms. The van der Waals surface area contributed by atoms with Gasteiger partial charge in [0.1, 0.15) is 0 Å². The van der Waals surface area contributed by atoms with Gasteiger partial charge in [-0.25, -0.2) is 0 Å². The van der Waals surface area contributed by atoms with Crippen molar-refractivity contribution in [3.63, 3.8) is 0 Å². The average molecular weight is 299 g/mol. The predicted octanol–water partition coefficient (Wildman–Crippen LogP) is 4.98. The summed E-state index contributed by atoms with van der Waals surface area (Å²) < 4.78 is 38.8. The van der Waals surface area contributed by atoms with Crippen molar-refractivity contribution in [2.45, 2.75) is 58.7 Å². The Morgan fingerprint density at radius 1 is 1.05 bits per heavy atom. The molecule has 1 aromatic carbocycles. The summed E-state index contributed by atoms with van der Waals surface area (Å²) in [5.74, 6) is -1.26. The second-order valence-electron chi connectivity index (χ2n) is 6.48. The minimum atomic E-state index is -4.09. The van der Waals surface area contributed by atoms with Crippen LogP contribution in [-0.4, -0.2) is 6.18 Å². The first-order valence-electron chi connectivity index (χ1n) is 7.60. The van der Waals surface area contributed by atoms with Crippen molar-refractivity contribution >= 4 is 0 Å². The topological polar surface area (TPSA) is 26.0 Å². The molecule has 118 valence electrons. The lowest BCUT2D eigenvalue weighted by Gasteiger charge is -2.34. The number of aryl methyl sites for hydroxylation is 3. The van der Waals surface area contributed by atoms with Gasteiger partial charge in [-0.05, 0) is 68.2 Å². The molecule has 0 aromatic heterocycles. The first kappa shape index (κ1) is 16.3. The molecule has 0 aliphatic heterocycles. The first-order chi connectivity index (χ1) is 9.70. The van der Waals surface area contributed by atoms with E-state index in [1.165, 1.54) is 5.56 Å². The van der Waals surface area contributed by atoms with Crippen LogP contribution in [0.1, 0.15) is 54.0 Å². The number of halogens is 3. The molecule has 1 nitrogen and oxygen atoms in total. The zero-order valence-electron chi connectivity index (χ0n) is 12.9. The summed E-state index contributed by atoms with van der Waals surface area (Å²) in [6, 6.07) is 3.83. The summed E-state index contributed by atoms with van der Waals surface area (Å²) in [7, 11) is 0. The van der Waals surface area contributed by atoms with E-state index in [9.17, 15) is 13.2 Å². The van der Waals surface area contributed by atoms with Gasteiger partial charge in [0.2, 0.25) is 0 Å². The maximum Gasteiger partial charge on any atom is 0.391 e. The lowest BCUT2D eigenvalue weighted by Crippen LogP contribution is -2.33. The number of nitrogens with two attached hydrogens (primary N) is 1. The molecule has 0 heterocycles. The van der Waals surface area contributed by atoms with E-state index in [4.69, 9.17) is 5.73 Å². The maximum absolute atomic E-state index is 12.9. The summed E-state index contributed by atoms with van der Waals surface area (Å²) in [5, 5.41) is 0. The van der Waals surface area contributed by atoms with Gasteiger partial charge in [-0.3, -0.25) is 0 Å². The Morgan fingerprint density at radius 3 is 2.29 bits per heavy atom. The molecule has 3 unspecified atom stereocenters. The first-order valence-corrected chi connectivity index (χ1v) is 7.60. The molecule has 0 saturated heterocycles. The van der Waals surface area contributed by atoms with Crippen LogP contribution >= 0.6 is 0 Å². The van der Waals surface area contributed by atoms with Crippen LogP contribution in [0.4, 0.5) is 13.2 Å². The summed E-state index contributed by atoms with van der Waals surface area (Å²) >= 11 is 0. The molecule has 2 N–H and O–H groups in total. The smallest absolute Gasteiger partial charge is 0.324 e. The molecule has 1 saturated carbocycles. The van der Waals surface area contributed by atoms with E-state index in [1.807, 2.05) is 26.8 Å².